The van der Waals surface area contributed by atoms with Crippen molar-refractivity contribution < 1.29 is 28.5 Å². The predicted molar refractivity (Wildman–Crippen MR) is 149 cm³/mol. The van der Waals surface area contributed by atoms with Gasteiger partial charge in [0.1, 0.15) is 0 Å². The van der Waals surface area contributed by atoms with Gasteiger partial charge in [-0.25, -0.2) is 9.79 Å². The second-order valence-electron chi connectivity index (χ2n) is 8.99. The van der Waals surface area contributed by atoms with Gasteiger partial charge in [-0.15, -0.1) is 0 Å². The van der Waals surface area contributed by atoms with Crippen molar-refractivity contribution in [2.75, 3.05) is 27.9 Å². The summed E-state index contributed by atoms with van der Waals surface area (Å²) in [7, 11) is 4.67. The minimum Gasteiger partial charge on any atom is -0.493 e. The number of rotatable bonds is 9. The molecule has 4 rings (SSSR count). The van der Waals surface area contributed by atoms with E-state index < -0.39 is 12.0 Å². The Morgan fingerprint density at radius 2 is 1.69 bits per heavy atom. The van der Waals surface area contributed by atoms with Crippen LogP contribution < -0.4 is 33.8 Å². The summed E-state index contributed by atoms with van der Waals surface area (Å²) < 4.78 is 29.6. The lowest BCUT2D eigenvalue weighted by atomic mass is 9.95. The maximum Gasteiger partial charge on any atom is 0.338 e. The van der Waals surface area contributed by atoms with E-state index in [9.17, 15) is 9.59 Å². The molecule has 1 aromatic heterocycles. The first-order chi connectivity index (χ1) is 18.7. The highest BCUT2D eigenvalue weighted by Gasteiger charge is 2.34. The number of aromatic nitrogens is 1. The summed E-state index contributed by atoms with van der Waals surface area (Å²) in [5.41, 5.74) is 1.92. The third-order valence-electron chi connectivity index (χ3n) is 6.09. The molecule has 0 saturated heterocycles. The minimum atomic E-state index is -0.769. The molecule has 0 fully saturated rings. The molecule has 2 aromatic carbocycles. The molecule has 9 nitrogen and oxygen atoms in total. The lowest BCUT2D eigenvalue weighted by Crippen LogP contribution is -2.40. The maximum atomic E-state index is 13.9. The molecule has 39 heavy (non-hydrogen) atoms. The van der Waals surface area contributed by atoms with Gasteiger partial charge in [-0.2, -0.15) is 0 Å². The monoisotopic (exact) mass is 552 g/mol. The highest BCUT2D eigenvalue weighted by molar-refractivity contribution is 7.07. The number of hydrogen-bond acceptors (Lipinski definition) is 9. The van der Waals surface area contributed by atoms with E-state index in [1.54, 1.807) is 65.5 Å². The van der Waals surface area contributed by atoms with E-state index in [4.69, 9.17) is 23.7 Å². The summed E-state index contributed by atoms with van der Waals surface area (Å²) in [5, 5.41) is 0. The number of carbonyl (C=O) groups is 1. The lowest BCUT2D eigenvalue weighted by molar-refractivity contribution is -0.139. The SMILES string of the molecule is CCOC(=O)C1=C(C)N=c2s/c(=C\c3ccc(OC)c(OC)c3)c(=O)n2[C@H]1c1ccc(OC(C)C)c(OC)c1. The Labute approximate surface area is 230 Å². The number of nitrogens with zero attached hydrogens (tertiary/aromatic N) is 2. The van der Waals surface area contributed by atoms with Gasteiger partial charge >= 0.3 is 5.97 Å². The van der Waals surface area contributed by atoms with Crippen LogP contribution in [0.4, 0.5) is 0 Å². The number of ether oxygens (including phenoxy) is 5. The third kappa shape index (κ3) is 5.56. The Morgan fingerprint density at radius 3 is 2.33 bits per heavy atom. The lowest BCUT2D eigenvalue weighted by Gasteiger charge is -2.25. The Hall–Kier alpha value is -4.05. The molecule has 10 heteroatoms. The summed E-state index contributed by atoms with van der Waals surface area (Å²) in [6.45, 7) is 7.53. The smallest absolute Gasteiger partial charge is 0.338 e. The Balaban J connectivity index is 1.93. The molecule has 0 saturated carbocycles. The molecule has 0 bridgehead atoms. The van der Waals surface area contributed by atoms with Gasteiger partial charge < -0.3 is 23.7 Å². The van der Waals surface area contributed by atoms with Crippen LogP contribution in [0.1, 0.15) is 44.9 Å². The van der Waals surface area contributed by atoms with Crippen molar-refractivity contribution in [1.82, 2.24) is 4.57 Å². The van der Waals surface area contributed by atoms with E-state index in [0.29, 0.717) is 49.2 Å². The van der Waals surface area contributed by atoms with E-state index in [-0.39, 0.29) is 18.3 Å². The van der Waals surface area contributed by atoms with E-state index in [1.807, 2.05) is 26.0 Å². The zero-order valence-electron chi connectivity index (χ0n) is 23.1. The fourth-order valence-corrected chi connectivity index (χ4v) is 5.45. The summed E-state index contributed by atoms with van der Waals surface area (Å²) in [6.07, 6.45) is 1.71. The van der Waals surface area contributed by atoms with E-state index in [2.05, 4.69) is 4.99 Å². The number of fused-ring (bicyclic) bond motifs is 1. The van der Waals surface area contributed by atoms with Crippen LogP contribution >= 0.6 is 11.3 Å². The Bertz CT molecular complexity index is 1600. The summed E-state index contributed by atoms with van der Waals surface area (Å²) in [6, 6.07) is 10.0. The Kier molecular flexibility index (Phi) is 8.44. The second kappa shape index (κ2) is 11.8. The van der Waals surface area contributed by atoms with Gasteiger partial charge in [-0.05, 0) is 69.2 Å². The predicted octanol–water partition coefficient (Wildman–Crippen LogP) is 3.61. The van der Waals surface area contributed by atoms with Crippen molar-refractivity contribution in [1.29, 1.82) is 0 Å². The number of esters is 1. The van der Waals surface area contributed by atoms with Gasteiger partial charge in [0.25, 0.3) is 5.56 Å². The molecule has 206 valence electrons. The Morgan fingerprint density at radius 1 is 1.03 bits per heavy atom. The zero-order chi connectivity index (χ0) is 28.3. The average molecular weight is 553 g/mol. The summed E-state index contributed by atoms with van der Waals surface area (Å²) >= 11 is 1.24. The largest absolute Gasteiger partial charge is 0.493 e. The normalized spacial score (nSPS) is 15.1. The van der Waals surface area contributed by atoms with Crippen molar-refractivity contribution in [2.24, 2.45) is 4.99 Å². The van der Waals surface area contributed by atoms with Gasteiger partial charge in [0, 0.05) is 0 Å². The van der Waals surface area contributed by atoms with Crippen LogP contribution in [0, 0.1) is 0 Å². The van der Waals surface area contributed by atoms with Crippen molar-refractivity contribution in [2.45, 2.75) is 39.8 Å². The molecule has 0 N–H and O–H groups in total. The molecular weight excluding hydrogens is 520 g/mol. The molecule has 1 atom stereocenters. The highest BCUT2D eigenvalue weighted by atomic mass is 32.1. The fraction of sp³-hybridized carbons (Fsp3) is 0.345. The second-order valence-corrected chi connectivity index (χ2v) is 10.0. The number of benzene rings is 2. The number of carbonyl (C=O) groups excluding carboxylic acids is 1. The quantitative estimate of drug-likeness (QED) is 0.374. The van der Waals surface area contributed by atoms with Crippen LogP contribution in [0.5, 0.6) is 23.0 Å². The fourth-order valence-electron chi connectivity index (χ4n) is 4.41. The van der Waals surface area contributed by atoms with Gasteiger partial charge in [-0.3, -0.25) is 9.36 Å². The van der Waals surface area contributed by atoms with Crippen molar-refractivity contribution in [3.8, 4) is 23.0 Å². The molecule has 0 radical (unpaired) electrons. The molecule has 0 unspecified atom stereocenters. The summed E-state index contributed by atoms with van der Waals surface area (Å²) in [4.78, 5) is 32.1. The first-order valence-corrected chi connectivity index (χ1v) is 13.3. The first kappa shape index (κ1) is 28.0. The zero-order valence-corrected chi connectivity index (χ0v) is 23.9. The van der Waals surface area contributed by atoms with Crippen LogP contribution in [0.2, 0.25) is 0 Å². The third-order valence-corrected chi connectivity index (χ3v) is 7.07. The molecule has 1 aliphatic heterocycles. The molecular formula is C29H32N2O7S. The molecule has 1 aliphatic rings. The van der Waals surface area contributed by atoms with Crippen molar-refractivity contribution in [3.05, 3.63) is 78.5 Å². The number of thiazole rings is 1. The first-order valence-electron chi connectivity index (χ1n) is 12.5. The van der Waals surface area contributed by atoms with Gasteiger partial charge in [0.2, 0.25) is 0 Å². The number of hydrogen-bond donors (Lipinski definition) is 0. The minimum absolute atomic E-state index is 0.0590. The topological polar surface area (TPSA) is 97.6 Å². The van der Waals surface area contributed by atoms with Crippen LogP contribution in [0.25, 0.3) is 6.08 Å². The van der Waals surface area contributed by atoms with Crippen LogP contribution in [-0.4, -0.2) is 44.6 Å². The average Bonchev–Trinajstić information content (AvgIpc) is 3.21. The van der Waals surface area contributed by atoms with E-state index >= 15 is 0 Å². The van der Waals surface area contributed by atoms with Gasteiger partial charge in [0.05, 0.1) is 55.9 Å². The van der Waals surface area contributed by atoms with Gasteiger partial charge in [-0.1, -0.05) is 23.5 Å². The van der Waals surface area contributed by atoms with Crippen LogP contribution in [0.15, 0.2) is 57.5 Å². The van der Waals surface area contributed by atoms with Crippen molar-refractivity contribution in [3.63, 3.8) is 0 Å². The number of methoxy groups -OCH3 is 3. The summed E-state index contributed by atoms with van der Waals surface area (Å²) in [5.74, 6) is 1.67. The van der Waals surface area contributed by atoms with Gasteiger partial charge in [0.15, 0.2) is 27.8 Å². The standard InChI is InChI=1S/C29H32N2O7S/c1-8-37-28(33)25-17(4)30-29-31(26(25)19-10-12-21(38-16(2)3)23(15-19)36-7)27(32)24(39-29)14-18-9-11-20(34-5)22(13-18)35-6/h9-16,26H,8H2,1-7H3/b24-14-/t26-/m0/s1. The van der Waals surface area contributed by atoms with Crippen LogP contribution in [-0.2, 0) is 9.53 Å². The molecule has 0 aliphatic carbocycles. The highest BCUT2D eigenvalue weighted by Crippen LogP contribution is 2.36. The molecule has 0 spiro atoms. The number of allylic oxidation sites excluding steroid dienone is 1. The molecule has 0 amide bonds. The maximum absolute atomic E-state index is 13.9. The molecule has 2 heterocycles. The van der Waals surface area contributed by atoms with E-state index in [0.717, 1.165) is 5.56 Å². The van der Waals surface area contributed by atoms with E-state index in [1.165, 1.54) is 15.9 Å². The van der Waals surface area contributed by atoms with Crippen molar-refractivity contribution >= 4 is 23.4 Å². The van der Waals surface area contributed by atoms with Crippen LogP contribution in [0.3, 0.4) is 0 Å². The molecule has 3 aromatic rings.